The molecule has 0 radical (unpaired) electrons. The van der Waals surface area contributed by atoms with Gasteiger partial charge in [-0.1, -0.05) is 11.3 Å². The summed E-state index contributed by atoms with van der Waals surface area (Å²) >= 11 is 1.31. The fraction of sp³-hybridized carbons (Fsp3) is 0.545. The summed E-state index contributed by atoms with van der Waals surface area (Å²) < 4.78 is 3.58. The third-order valence-electron chi connectivity index (χ3n) is 2.65. The highest BCUT2D eigenvalue weighted by Gasteiger charge is 2.11. The van der Waals surface area contributed by atoms with Crippen molar-refractivity contribution in [1.82, 2.24) is 19.3 Å². The van der Waals surface area contributed by atoms with Gasteiger partial charge in [-0.2, -0.15) is 5.10 Å². The highest BCUT2D eigenvalue weighted by atomic mass is 32.1. The average molecular weight is 252 g/mol. The second kappa shape index (κ2) is 4.83. The maximum absolute atomic E-state index is 11.7. The van der Waals surface area contributed by atoms with Crippen LogP contribution < -0.4 is 4.87 Å². The van der Waals surface area contributed by atoms with Crippen molar-refractivity contribution >= 4 is 11.3 Å². The number of hydrogen-bond donors (Lipinski definition) is 0. The first-order chi connectivity index (χ1) is 8.08. The largest absolute Gasteiger partial charge is 0.307 e. The van der Waals surface area contributed by atoms with Gasteiger partial charge >= 0.3 is 4.87 Å². The van der Waals surface area contributed by atoms with Gasteiger partial charge in [0, 0.05) is 23.5 Å². The van der Waals surface area contributed by atoms with E-state index in [1.165, 1.54) is 17.7 Å². The van der Waals surface area contributed by atoms with Crippen LogP contribution in [0.25, 0.3) is 0 Å². The predicted octanol–water partition coefficient (Wildman–Crippen LogP) is 1.89. The van der Waals surface area contributed by atoms with Crippen molar-refractivity contribution in [2.45, 2.75) is 39.3 Å². The van der Waals surface area contributed by atoms with Gasteiger partial charge in [-0.15, -0.1) is 0 Å². The Hall–Kier alpha value is -1.43. The second-order valence-corrected chi connectivity index (χ2v) is 5.47. The SMILES string of the molecule is CC(Cc1cn(C(C)C)c(=O)s1)n1cncn1. The summed E-state index contributed by atoms with van der Waals surface area (Å²) in [6.45, 7) is 6.09. The standard InChI is InChI=1S/C11H16N4OS/c1-8(2)14-5-10(17-11(14)16)4-9(3)15-7-12-6-13-15/h5-9H,4H2,1-3H3. The zero-order valence-electron chi connectivity index (χ0n) is 10.2. The minimum absolute atomic E-state index is 0.112. The van der Waals surface area contributed by atoms with Gasteiger partial charge in [0.15, 0.2) is 0 Å². The lowest BCUT2D eigenvalue weighted by atomic mass is 10.2. The van der Waals surface area contributed by atoms with Crippen molar-refractivity contribution in [3.8, 4) is 0 Å². The predicted molar refractivity (Wildman–Crippen MR) is 67.4 cm³/mol. The van der Waals surface area contributed by atoms with Crippen LogP contribution in [0.1, 0.15) is 37.7 Å². The van der Waals surface area contributed by atoms with Gasteiger partial charge in [0.1, 0.15) is 12.7 Å². The molecule has 1 unspecified atom stereocenters. The molecule has 0 bridgehead atoms. The zero-order chi connectivity index (χ0) is 12.4. The number of thiazole rings is 1. The minimum atomic E-state index is 0.112. The van der Waals surface area contributed by atoms with Gasteiger partial charge in [-0.05, 0) is 20.8 Å². The van der Waals surface area contributed by atoms with Crippen molar-refractivity contribution < 1.29 is 0 Å². The fourth-order valence-corrected chi connectivity index (χ4v) is 2.77. The fourth-order valence-electron chi connectivity index (χ4n) is 1.68. The first-order valence-corrected chi connectivity index (χ1v) is 6.44. The lowest BCUT2D eigenvalue weighted by molar-refractivity contribution is 0.488. The van der Waals surface area contributed by atoms with E-state index in [9.17, 15) is 4.79 Å². The van der Waals surface area contributed by atoms with Gasteiger partial charge in [0.05, 0.1) is 6.04 Å². The smallest absolute Gasteiger partial charge is 0.303 e. The minimum Gasteiger partial charge on any atom is -0.303 e. The molecule has 2 rings (SSSR count). The maximum Gasteiger partial charge on any atom is 0.307 e. The maximum atomic E-state index is 11.7. The van der Waals surface area contributed by atoms with E-state index >= 15 is 0 Å². The molecular formula is C11H16N4OS. The Morgan fingerprint density at radius 3 is 2.71 bits per heavy atom. The molecule has 6 heteroatoms. The lowest BCUT2D eigenvalue weighted by Gasteiger charge is -2.09. The molecular weight excluding hydrogens is 236 g/mol. The topological polar surface area (TPSA) is 52.7 Å². The molecule has 0 aliphatic rings. The Labute approximate surface area is 104 Å². The summed E-state index contributed by atoms with van der Waals surface area (Å²) in [5, 5.41) is 4.10. The molecule has 2 aromatic heterocycles. The molecule has 0 aromatic carbocycles. The van der Waals surface area contributed by atoms with Crippen LogP contribution in [0.15, 0.2) is 23.6 Å². The van der Waals surface area contributed by atoms with Crippen LogP contribution in [0.3, 0.4) is 0 Å². The molecule has 92 valence electrons. The monoisotopic (exact) mass is 252 g/mol. The summed E-state index contributed by atoms with van der Waals surface area (Å²) in [6, 6.07) is 0.435. The third-order valence-corrected chi connectivity index (χ3v) is 3.57. The number of nitrogens with zero attached hydrogens (tertiary/aromatic N) is 4. The van der Waals surface area contributed by atoms with Crippen LogP contribution in [0, 0.1) is 0 Å². The molecule has 0 spiro atoms. The first kappa shape index (κ1) is 12.0. The molecule has 0 saturated carbocycles. The van der Waals surface area contributed by atoms with Crippen LogP contribution in [0.5, 0.6) is 0 Å². The van der Waals surface area contributed by atoms with E-state index in [-0.39, 0.29) is 17.0 Å². The Balaban J connectivity index is 2.14. The van der Waals surface area contributed by atoms with Gasteiger partial charge in [0.25, 0.3) is 0 Å². The summed E-state index contributed by atoms with van der Waals surface area (Å²) in [4.78, 5) is 16.8. The summed E-state index contributed by atoms with van der Waals surface area (Å²) in [5.74, 6) is 0. The second-order valence-electron chi connectivity index (χ2n) is 4.39. The van der Waals surface area contributed by atoms with E-state index < -0.39 is 0 Å². The van der Waals surface area contributed by atoms with E-state index in [0.717, 1.165) is 11.3 Å². The van der Waals surface area contributed by atoms with E-state index in [2.05, 4.69) is 17.0 Å². The molecule has 1 atom stereocenters. The van der Waals surface area contributed by atoms with Crippen molar-refractivity contribution in [3.63, 3.8) is 0 Å². The van der Waals surface area contributed by atoms with Crippen LogP contribution in [0.4, 0.5) is 0 Å². The highest BCUT2D eigenvalue weighted by Crippen LogP contribution is 2.16. The van der Waals surface area contributed by atoms with Crippen LogP contribution in [-0.2, 0) is 6.42 Å². The Morgan fingerprint density at radius 1 is 1.41 bits per heavy atom. The van der Waals surface area contributed by atoms with Crippen LogP contribution >= 0.6 is 11.3 Å². The molecule has 0 saturated heterocycles. The average Bonchev–Trinajstić information content (AvgIpc) is 2.86. The molecule has 17 heavy (non-hydrogen) atoms. The summed E-state index contributed by atoms with van der Waals surface area (Å²) in [5.41, 5.74) is 0. The molecule has 0 amide bonds. The molecule has 0 fully saturated rings. The molecule has 0 aliphatic carbocycles. The normalized spacial score (nSPS) is 13.2. The van der Waals surface area contributed by atoms with E-state index in [4.69, 9.17) is 0 Å². The van der Waals surface area contributed by atoms with Crippen molar-refractivity contribution in [3.05, 3.63) is 33.4 Å². The van der Waals surface area contributed by atoms with E-state index in [1.807, 2.05) is 24.7 Å². The summed E-state index contributed by atoms with van der Waals surface area (Å²) in [7, 11) is 0. The van der Waals surface area contributed by atoms with E-state index in [0.29, 0.717) is 0 Å². The molecule has 0 aliphatic heterocycles. The van der Waals surface area contributed by atoms with Crippen molar-refractivity contribution in [1.29, 1.82) is 0 Å². The van der Waals surface area contributed by atoms with E-state index in [1.54, 1.807) is 10.9 Å². The number of hydrogen-bond acceptors (Lipinski definition) is 4. The Bertz CT molecular complexity index is 526. The molecule has 0 N–H and O–H groups in total. The van der Waals surface area contributed by atoms with Crippen molar-refractivity contribution in [2.24, 2.45) is 0 Å². The Kier molecular flexibility index (Phi) is 3.42. The quantitative estimate of drug-likeness (QED) is 0.835. The third kappa shape index (κ3) is 2.63. The van der Waals surface area contributed by atoms with Crippen LogP contribution in [-0.4, -0.2) is 19.3 Å². The Morgan fingerprint density at radius 2 is 2.18 bits per heavy atom. The molecule has 5 nitrogen and oxygen atoms in total. The van der Waals surface area contributed by atoms with Crippen LogP contribution in [0.2, 0.25) is 0 Å². The molecule has 2 heterocycles. The van der Waals surface area contributed by atoms with Crippen molar-refractivity contribution in [2.75, 3.05) is 0 Å². The first-order valence-electron chi connectivity index (χ1n) is 5.63. The number of aromatic nitrogens is 4. The summed E-state index contributed by atoms with van der Waals surface area (Å²) in [6.07, 6.45) is 5.99. The van der Waals surface area contributed by atoms with Gasteiger partial charge < -0.3 is 4.57 Å². The zero-order valence-corrected chi connectivity index (χ0v) is 11.0. The molecule has 2 aromatic rings. The van der Waals surface area contributed by atoms with Gasteiger partial charge in [0.2, 0.25) is 0 Å². The lowest BCUT2D eigenvalue weighted by Crippen LogP contribution is -2.13. The number of rotatable bonds is 4. The van der Waals surface area contributed by atoms with Gasteiger partial charge in [-0.3, -0.25) is 4.79 Å². The highest BCUT2D eigenvalue weighted by molar-refractivity contribution is 7.09. The van der Waals surface area contributed by atoms with Gasteiger partial charge in [-0.25, -0.2) is 9.67 Å².